The van der Waals surface area contributed by atoms with Crippen LogP contribution in [0.5, 0.6) is 0 Å². The van der Waals surface area contributed by atoms with Gasteiger partial charge in [-0.2, -0.15) is 0 Å². The fourth-order valence-electron chi connectivity index (χ4n) is 2.05. The van der Waals surface area contributed by atoms with E-state index in [2.05, 4.69) is 0 Å². The zero-order valence-electron chi connectivity index (χ0n) is 12.4. The van der Waals surface area contributed by atoms with E-state index in [1.165, 1.54) is 0 Å². The van der Waals surface area contributed by atoms with Gasteiger partial charge in [0.15, 0.2) is 0 Å². The highest BCUT2D eigenvalue weighted by Crippen LogP contribution is 2.08. The van der Waals surface area contributed by atoms with E-state index in [0.29, 0.717) is 32.7 Å². The molecular weight excluding hydrogens is 252 g/mol. The molecule has 112 valence electrons. The molecule has 0 heterocycles. The summed E-state index contributed by atoms with van der Waals surface area (Å²) in [4.78, 5) is 14.1. The predicted molar refractivity (Wildman–Crippen MR) is 81.3 cm³/mol. The van der Waals surface area contributed by atoms with Gasteiger partial charge in [-0.05, 0) is 24.9 Å². The summed E-state index contributed by atoms with van der Waals surface area (Å²) in [6, 6.07) is 10.1. The molecule has 0 saturated heterocycles. The van der Waals surface area contributed by atoms with Gasteiger partial charge in [-0.1, -0.05) is 36.8 Å². The first-order chi connectivity index (χ1) is 9.77. The number of methoxy groups -OCH3 is 1. The quantitative estimate of drug-likeness (QED) is 0.667. The van der Waals surface area contributed by atoms with Gasteiger partial charge in [0.05, 0.1) is 6.61 Å². The second kappa shape index (κ2) is 10.4. The molecule has 2 N–H and O–H groups in total. The highest BCUT2D eigenvalue weighted by molar-refractivity contribution is 5.76. The molecule has 0 spiro atoms. The maximum Gasteiger partial charge on any atom is 0.222 e. The number of nitrogens with two attached hydrogens (primary N) is 1. The molecule has 0 aromatic heterocycles. The van der Waals surface area contributed by atoms with E-state index in [4.69, 9.17) is 10.5 Å². The second-order valence-corrected chi connectivity index (χ2v) is 4.89. The number of nitrogens with zero attached hydrogens (tertiary/aromatic N) is 1. The van der Waals surface area contributed by atoms with Gasteiger partial charge in [0, 0.05) is 26.6 Å². The summed E-state index contributed by atoms with van der Waals surface area (Å²) in [6.07, 6.45) is 3.51. The van der Waals surface area contributed by atoms with Crippen LogP contribution < -0.4 is 5.73 Å². The molecule has 0 aliphatic carbocycles. The van der Waals surface area contributed by atoms with E-state index in [9.17, 15) is 4.79 Å². The average Bonchev–Trinajstić information content (AvgIpc) is 2.48. The molecule has 4 nitrogen and oxygen atoms in total. The lowest BCUT2D eigenvalue weighted by molar-refractivity contribution is -0.132. The molecule has 1 amide bonds. The fraction of sp³-hybridized carbons (Fsp3) is 0.562. The number of carbonyl (C=O) groups excluding carboxylic acids is 1. The van der Waals surface area contributed by atoms with E-state index >= 15 is 0 Å². The van der Waals surface area contributed by atoms with Crippen LogP contribution >= 0.6 is 0 Å². The first kappa shape index (κ1) is 16.7. The number of hydrogen-bond donors (Lipinski definition) is 1. The molecule has 1 rings (SSSR count). The highest BCUT2D eigenvalue weighted by atomic mass is 16.5. The Bertz CT molecular complexity index is 368. The van der Waals surface area contributed by atoms with Crippen molar-refractivity contribution in [2.45, 2.75) is 32.2 Å². The van der Waals surface area contributed by atoms with E-state index in [1.54, 1.807) is 7.11 Å². The van der Waals surface area contributed by atoms with Crippen LogP contribution in [0.1, 0.15) is 31.2 Å². The van der Waals surface area contributed by atoms with E-state index in [0.717, 1.165) is 24.8 Å². The maximum atomic E-state index is 12.3. The number of ether oxygens (including phenoxy) is 1. The Morgan fingerprint density at radius 2 is 1.95 bits per heavy atom. The summed E-state index contributed by atoms with van der Waals surface area (Å²) < 4.78 is 5.09. The standard InChI is InChI=1S/C16H26N2O2/c1-20-13-12-18(14-15-8-4-2-5-9-15)16(19)10-6-3-7-11-17/h2,4-5,8-9H,3,6-7,10-14,17H2,1H3. The molecular formula is C16H26N2O2. The van der Waals surface area contributed by atoms with Crippen molar-refractivity contribution in [3.8, 4) is 0 Å². The van der Waals surface area contributed by atoms with Gasteiger partial charge in [-0.15, -0.1) is 0 Å². The number of rotatable bonds is 10. The average molecular weight is 278 g/mol. The van der Waals surface area contributed by atoms with Crippen LogP contribution in [-0.4, -0.2) is 37.6 Å². The number of amides is 1. The fourth-order valence-corrected chi connectivity index (χ4v) is 2.05. The lowest BCUT2D eigenvalue weighted by atomic mass is 10.1. The van der Waals surface area contributed by atoms with Crippen LogP contribution in [0.15, 0.2) is 30.3 Å². The minimum Gasteiger partial charge on any atom is -0.383 e. The van der Waals surface area contributed by atoms with Crippen molar-refractivity contribution >= 4 is 5.91 Å². The summed E-state index contributed by atoms with van der Waals surface area (Å²) in [7, 11) is 1.66. The summed E-state index contributed by atoms with van der Waals surface area (Å²) in [5.41, 5.74) is 6.61. The Hall–Kier alpha value is -1.39. The molecule has 0 aliphatic heterocycles. The minimum absolute atomic E-state index is 0.197. The van der Waals surface area contributed by atoms with Gasteiger partial charge < -0.3 is 15.4 Å². The van der Waals surface area contributed by atoms with Gasteiger partial charge in [0.25, 0.3) is 0 Å². The molecule has 0 radical (unpaired) electrons. The number of unbranched alkanes of at least 4 members (excludes halogenated alkanes) is 2. The summed E-state index contributed by atoms with van der Waals surface area (Å²) >= 11 is 0. The largest absolute Gasteiger partial charge is 0.383 e. The van der Waals surface area contributed by atoms with Crippen molar-refractivity contribution < 1.29 is 9.53 Å². The smallest absolute Gasteiger partial charge is 0.222 e. The molecule has 0 bridgehead atoms. The zero-order chi connectivity index (χ0) is 14.6. The predicted octanol–water partition coefficient (Wildman–Crippen LogP) is 2.18. The van der Waals surface area contributed by atoms with Gasteiger partial charge in [0.2, 0.25) is 5.91 Å². The molecule has 0 saturated carbocycles. The molecule has 4 heteroatoms. The Labute approximate surface area is 121 Å². The third-order valence-corrected chi connectivity index (χ3v) is 3.23. The van der Waals surface area contributed by atoms with E-state index < -0.39 is 0 Å². The Morgan fingerprint density at radius 1 is 1.20 bits per heavy atom. The van der Waals surface area contributed by atoms with Gasteiger partial charge in [-0.25, -0.2) is 0 Å². The van der Waals surface area contributed by atoms with Gasteiger partial charge >= 0.3 is 0 Å². The van der Waals surface area contributed by atoms with Gasteiger partial charge in [-0.3, -0.25) is 4.79 Å². The zero-order valence-corrected chi connectivity index (χ0v) is 12.4. The van der Waals surface area contributed by atoms with E-state index in [-0.39, 0.29) is 5.91 Å². The topological polar surface area (TPSA) is 55.6 Å². The first-order valence-corrected chi connectivity index (χ1v) is 7.28. The molecule has 1 aromatic rings. The third-order valence-electron chi connectivity index (χ3n) is 3.23. The Morgan fingerprint density at radius 3 is 2.60 bits per heavy atom. The van der Waals surface area contributed by atoms with Crippen molar-refractivity contribution in [2.75, 3.05) is 26.8 Å². The lowest BCUT2D eigenvalue weighted by Crippen LogP contribution is -2.33. The monoisotopic (exact) mass is 278 g/mol. The van der Waals surface area contributed by atoms with Crippen LogP contribution in [0.2, 0.25) is 0 Å². The van der Waals surface area contributed by atoms with Crippen LogP contribution in [0.3, 0.4) is 0 Å². The van der Waals surface area contributed by atoms with Crippen molar-refractivity contribution in [2.24, 2.45) is 5.73 Å². The molecule has 0 unspecified atom stereocenters. The first-order valence-electron chi connectivity index (χ1n) is 7.28. The normalized spacial score (nSPS) is 10.5. The number of hydrogen-bond acceptors (Lipinski definition) is 3. The van der Waals surface area contributed by atoms with Crippen LogP contribution in [0.25, 0.3) is 0 Å². The third kappa shape index (κ3) is 6.68. The lowest BCUT2D eigenvalue weighted by Gasteiger charge is -2.22. The highest BCUT2D eigenvalue weighted by Gasteiger charge is 2.13. The number of carbonyl (C=O) groups is 1. The van der Waals surface area contributed by atoms with Crippen molar-refractivity contribution in [1.29, 1.82) is 0 Å². The van der Waals surface area contributed by atoms with Crippen LogP contribution in [-0.2, 0) is 16.1 Å². The van der Waals surface area contributed by atoms with Crippen molar-refractivity contribution in [1.82, 2.24) is 4.90 Å². The SMILES string of the molecule is COCCN(Cc1ccccc1)C(=O)CCCCCN. The molecule has 0 atom stereocenters. The van der Waals surface area contributed by atoms with Crippen LogP contribution in [0.4, 0.5) is 0 Å². The van der Waals surface area contributed by atoms with Gasteiger partial charge in [0.1, 0.15) is 0 Å². The Balaban J connectivity index is 2.47. The molecule has 0 fully saturated rings. The molecule has 1 aromatic carbocycles. The Kier molecular flexibility index (Phi) is 8.67. The second-order valence-electron chi connectivity index (χ2n) is 4.89. The summed E-state index contributed by atoms with van der Waals surface area (Å²) in [5.74, 6) is 0.197. The number of benzene rings is 1. The molecule has 0 aliphatic rings. The maximum absolute atomic E-state index is 12.3. The van der Waals surface area contributed by atoms with Crippen LogP contribution in [0, 0.1) is 0 Å². The summed E-state index contributed by atoms with van der Waals surface area (Å²) in [6.45, 7) is 2.56. The van der Waals surface area contributed by atoms with Crippen molar-refractivity contribution in [3.63, 3.8) is 0 Å². The van der Waals surface area contributed by atoms with E-state index in [1.807, 2.05) is 35.2 Å². The molecule has 20 heavy (non-hydrogen) atoms. The van der Waals surface area contributed by atoms with Crippen molar-refractivity contribution in [3.05, 3.63) is 35.9 Å². The minimum atomic E-state index is 0.197. The summed E-state index contributed by atoms with van der Waals surface area (Å²) in [5, 5.41) is 0.